The van der Waals surface area contributed by atoms with Gasteiger partial charge in [0.15, 0.2) is 0 Å². The Kier molecular flexibility index (Phi) is 3.93. The van der Waals surface area contributed by atoms with Gasteiger partial charge in [-0.05, 0) is 33.9 Å². The molecule has 0 fully saturated rings. The van der Waals surface area contributed by atoms with Gasteiger partial charge in [0, 0.05) is 24.6 Å². The van der Waals surface area contributed by atoms with Crippen LogP contribution < -0.4 is 10.1 Å². The molecular weight excluding hydrogens is 226 g/mol. The molecule has 1 heterocycles. The molecule has 1 aromatic carbocycles. The predicted molar refractivity (Wildman–Crippen MR) is 73.1 cm³/mol. The van der Waals surface area contributed by atoms with Gasteiger partial charge in [-0.3, -0.25) is 0 Å². The van der Waals surface area contributed by atoms with E-state index in [1.807, 2.05) is 14.0 Å². The maximum Gasteiger partial charge on any atom is 0.131 e. The van der Waals surface area contributed by atoms with Gasteiger partial charge in [0.1, 0.15) is 11.4 Å². The molecule has 2 atom stereocenters. The fourth-order valence-corrected chi connectivity index (χ4v) is 2.55. The van der Waals surface area contributed by atoms with Crippen molar-refractivity contribution in [2.45, 2.75) is 38.8 Å². The van der Waals surface area contributed by atoms with E-state index in [1.54, 1.807) is 0 Å². The molecule has 3 nitrogen and oxygen atoms in total. The first-order valence-corrected chi connectivity index (χ1v) is 6.62. The Bertz CT molecular complexity index is 419. The van der Waals surface area contributed by atoms with Crippen LogP contribution in [-0.2, 0) is 4.74 Å². The average Bonchev–Trinajstić information content (AvgIpc) is 2.36. The van der Waals surface area contributed by atoms with Crippen molar-refractivity contribution < 1.29 is 9.47 Å². The highest BCUT2D eigenvalue weighted by atomic mass is 16.5. The molecule has 0 bridgehead atoms. The van der Waals surface area contributed by atoms with Gasteiger partial charge in [-0.2, -0.15) is 0 Å². The molecule has 0 amide bonds. The van der Waals surface area contributed by atoms with E-state index in [-0.39, 0.29) is 5.60 Å². The van der Waals surface area contributed by atoms with Crippen LogP contribution in [0.4, 0.5) is 0 Å². The van der Waals surface area contributed by atoms with Gasteiger partial charge in [-0.1, -0.05) is 17.7 Å². The number of ether oxygens (including phenoxy) is 2. The van der Waals surface area contributed by atoms with Crippen molar-refractivity contribution in [1.29, 1.82) is 0 Å². The minimum Gasteiger partial charge on any atom is -0.485 e. The van der Waals surface area contributed by atoms with Crippen molar-refractivity contribution in [2.24, 2.45) is 0 Å². The van der Waals surface area contributed by atoms with Crippen molar-refractivity contribution in [3.05, 3.63) is 29.3 Å². The summed E-state index contributed by atoms with van der Waals surface area (Å²) in [5.74, 6) is 0.980. The number of fused-ring (bicyclic) bond motifs is 1. The lowest BCUT2D eigenvalue weighted by molar-refractivity contribution is -0.0326. The third-order valence-electron chi connectivity index (χ3n) is 3.49. The quantitative estimate of drug-likeness (QED) is 0.890. The van der Waals surface area contributed by atoms with Crippen LogP contribution in [-0.4, -0.2) is 25.9 Å². The Hall–Kier alpha value is -1.06. The second-order valence-corrected chi connectivity index (χ2v) is 5.28. The first-order chi connectivity index (χ1) is 8.58. The van der Waals surface area contributed by atoms with E-state index < -0.39 is 0 Å². The lowest BCUT2D eigenvalue weighted by Gasteiger charge is -2.39. The third-order valence-corrected chi connectivity index (χ3v) is 3.49. The van der Waals surface area contributed by atoms with Crippen LogP contribution >= 0.6 is 0 Å². The fraction of sp³-hybridized carbons (Fsp3) is 0.600. The lowest BCUT2D eigenvalue weighted by Crippen LogP contribution is -2.44. The summed E-state index contributed by atoms with van der Waals surface area (Å²) in [6, 6.07) is 6.70. The normalized spacial score (nSPS) is 26.6. The Balaban J connectivity index is 2.27. The summed E-state index contributed by atoms with van der Waals surface area (Å²) in [6.45, 7) is 7.61. The van der Waals surface area contributed by atoms with Gasteiger partial charge in [-0.15, -0.1) is 0 Å². The van der Waals surface area contributed by atoms with Crippen LogP contribution in [0.25, 0.3) is 0 Å². The summed E-state index contributed by atoms with van der Waals surface area (Å²) in [5, 5.41) is 3.38. The van der Waals surface area contributed by atoms with Crippen LogP contribution in [0.5, 0.6) is 5.75 Å². The summed E-state index contributed by atoms with van der Waals surface area (Å²) in [4.78, 5) is 0. The molecule has 3 heteroatoms. The number of nitrogens with one attached hydrogen (secondary N) is 1. The number of benzene rings is 1. The van der Waals surface area contributed by atoms with Crippen molar-refractivity contribution >= 4 is 0 Å². The highest BCUT2D eigenvalue weighted by molar-refractivity contribution is 5.41. The average molecular weight is 249 g/mol. The standard InChI is InChI=1S/C15H23NO2/c1-5-17-10-15(3)9-13(16-4)12-8-11(2)6-7-14(12)18-15/h6-8,13,16H,5,9-10H2,1-4H3. The van der Waals surface area contributed by atoms with E-state index in [2.05, 4.69) is 37.4 Å². The Morgan fingerprint density at radius 2 is 2.28 bits per heavy atom. The van der Waals surface area contributed by atoms with Crippen molar-refractivity contribution in [1.82, 2.24) is 5.32 Å². The molecule has 0 saturated heterocycles. The number of hydrogen-bond acceptors (Lipinski definition) is 3. The molecule has 2 rings (SSSR count). The smallest absolute Gasteiger partial charge is 0.131 e. The molecule has 18 heavy (non-hydrogen) atoms. The van der Waals surface area contributed by atoms with Gasteiger partial charge in [0.05, 0.1) is 6.61 Å². The predicted octanol–water partition coefficient (Wildman–Crippen LogP) is 2.83. The summed E-state index contributed by atoms with van der Waals surface area (Å²) in [5.41, 5.74) is 2.28. The monoisotopic (exact) mass is 249 g/mol. The van der Waals surface area contributed by atoms with E-state index >= 15 is 0 Å². The van der Waals surface area contributed by atoms with Crippen molar-refractivity contribution in [3.8, 4) is 5.75 Å². The SMILES string of the molecule is CCOCC1(C)CC(NC)c2cc(C)ccc2O1. The van der Waals surface area contributed by atoms with E-state index in [9.17, 15) is 0 Å². The molecule has 1 N–H and O–H groups in total. The molecule has 0 spiro atoms. The van der Waals surface area contributed by atoms with Gasteiger partial charge < -0.3 is 14.8 Å². The maximum atomic E-state index is 6.14. The van der Waals surface area contributed by atoms with Crippen molar-refractivity contribution in [3.63, 3.8) is 0 Å². The van der Waals surface area contributed by atoms with Gasteiger partial charge in [0.25, 0.3) is 0 Å². The molecule has 1 aliphatic rings. The molecule has 0 aliphatic carbocycles. The molecule has 0 aromatic heterocycles. The first-order valence-electron chi connectivity index (χ1n) is 6.62. The molecular formula is C15H23NO2. The van der Waals surface area contributed by atoms with Crippen LogP contribution in [0.3, 0.4) is 0 Å². The van der Waals surface area contributed by atoms with E-state index in [0.29, 0.717) is 12.6 Å². The lowest BCUT2D eigenvalue weighted by atomic mass is 9.88. The molecule has 0 saturated carbocycles. The molecule has 1 aliphatic heterocycles. The second-order valence-electron chi connectivity index (χ2n) is 5.28. The molecule has 1 aromatic rings. The van der Waals surface area contributed by atoms with Gasteiger partial charge >= 0.3 is 0 Å². The van der Waals surface area contributed by atoms with Gasteiger partial charge in [0.2, 0.25) is 0 Å². The highest BCUT2D eigenvalue weighted by Gasteiger charge is 2.36. The largest absolute Gasteiger partial charge is 0.485 e. The number of aryl methyl sites for hydroxylation is 1. The minimum atomic E-state index is -0.244. The maximum absolute atomic E-state index is 6.14. The number of rotatable bonds is 4. The van der Waals surface area contributed by atoms with E-state index in [1.165, 1.54) is 11.1 Å². The second kappa shape index (κ2) is 5.29. The fourth-order valence-electron chi connectivity index (χ4n) is 2.55. The third kappa shape index (κ3) is 2.68. The zero-order chi connectivity index (χ0) is 13.2. The van der Waals surface area contributed by atoms with E-state index in [0.717, 1.165) is 18.8 Å². The van der Waals surface area contributed by atoms with Crippen LogP contribution in [0.1, 0.15) is 37.4 Å². The zero-order valence-electron chi connectivity index (χ0n) is 11.7. The van der Waals surface area contributed by atoms with Gasteiger partial charge in [-0.25, -0.2) is 0 Å². The van der Waals surface area contributed by atoms with Crippen LogP contribution in [0, 0.1) is 6.92 Å². The van der Waals surface area contributed by atoms with Crippen LogP contribution in [0.2, 0.25) is 0 Å². The summed E-state index contributed by atoms with van der Waals surface area (Å²) < 4.78 is 11.7. The summed E-state index contributed by atoms with van der Waals surface area (Å²) in [7, 11) is 2.00. The number of hydrogen-bond donors (Lipinski definition) is 1. The Labute approximate surface area is 109 Å². The van der Waals surface area contributed by atoms with Crippen LogP contribution in [0.15, 0.2) is 18.2 Å². The molecule has 0 radical (unpaired) electrons. The molecule has 100 valence electrons. The Morgan fingerprint density at radius 1 is 1.50 bits per heavy atom. The summed E-state index contributed by atoms with van der Waals surface area (Å²) in [6.07, 6.45) is 0.931. The highest BCUT2D eigenvalue weighted by Crippen LogP contribution is 2.39. The zero-order valence-corrected chi connectivity index (χ0v) is 11.7. The topological polar surface area (TPSA) is 30.5 Å². The van der Waals surface area contributed by atoms with E-state index in [4.69, 9.17) is 9.47 Å². The first kappa shape index (κ1) is 13.4. The minimum absolute atomic E-state index is 0.244. The Morgan fingerprint density at radius 3 is 2.94 bits per heavy atom. The summed E-state index contributed by atoms with van der Waals surface area (Å²) >= 11 is 0. The molecule has 2 unspecified atom stereocenters. The van der Waals surface area contributed by atoms with Crippen molar-refractivity contribution in [2.75, 3.05) is 20.3 Å².